The van der Waals surface area contributed by atoms with Crippen molar-refractivity contribution in [3.05, 3.63) is 11.8 Å². The summed E-state index contributed by atoms with van der Waals surface area (Å²) in [5, 5.41) is 8.16. The second-order valence-corrected chi connectivity index (χ2v) is 7.63. The van der Waals surface area contributed by atoms with E-state index in [9.17, 15) is 4.79 Å². The summed E-state index contributed by atoms with van der Waals surface area (Å²) in [6.07, 6.45) is 5.78. The number of amides is 1. The Bertz CT molecular complexity index is 613. The molecule has 0 aliphatic carbocycles. The first-order chi connectivity index (χ1) is 12.2. The van der Waals surface area contributed by atoms with Crippen LogP contribution in [0.3, 0.4) is 0 Å². The zero-order valence-corrected chi connectivity index (χ0v) is 15.1. The Morgan fingerprint density at radius 1 is 1.16 bits per heavy atom. The number of ether oxygens (including phenoxy) is 1. The van der Waals surface area contributed by atoms with E-state index in [1.165, 1.54) is 0 Å². The van der Waals surface area contributed by atoms with E-state index in [2.05, 4.69) is 20.0 Å². The molecule has 1 atom stereocenters. The molecular weight excluding hydrogens is 320 g/mol. The van der Waals surface area contributed by atoms with Crippen LogP contribution >= 0.6 is 0 Å². The van der Waals surface area contributed by atoms with E-state index in [0.29, 0.717) is 30.3 Å². The molecule has 0 saturated carbocycles. The number of carbonyl (C=O) groups excluding carboxylic acids is 1. The van der Waals surface area contributed by atoms with Crippen LogP contribution in [0.5, 0.6) is 0 Å². The highest BCUT2D eigenvalue weighted by Gasteiger charge is 2.49. The summed E-state index contributed by atoms with van der Waals surface area (Å²) in [5.74, 6) is 1.72. The van der Waals surface area contributed by atoms with E-state index in [0.717, 1.165) is 71.4 Å². The highest BCUT2D eigenvalue weighted by molar-refractivity contribution is 5.84. The summed E-state index contributed by atoms with van der Waals surface area (Å²) in [6, 6.07) is 0.371. The van der Waals surface area contributed by atoms with Gasteiger partial charge in [-0.2, -0.15) is 0 Å². The zero-order valence-electron chi connectivity index (χ0n) is 15.1. The van der Waals surface area contributed by atoms with Gasteiger partial charge in [-0.25, -0.2) is 0 Å². The van der Waals surface area contributed by atoms with Gasteiger partial charge in [-0.05, 0) is 38.6 Å². The topological polar surface area (TPSA) is 71.7 Å². The minimum Gasteiger partial charge on any atom is -0.424 e. The Morgan fingerprint density at radius 2 is 1.96 bits per heavy atom. The molecule has 3 fully saturated rings. The smallest absolute Gasteiger partial charge is 0.230 e. The maximum absolute atomic E-state index is 13.3. The third kappa shape index (κ3) is 3.31. The van der Waals surface area contributed by atoms with E-state index in [1.807, 2.05) is 6.92 Å². The summed E-state index contributed by atoms with van der Waals surface area (Å²) in [6.45, 7) is 6.88. The fourth-order valence-corrected chi connectivity index (χ4v) is 4.60. The van der Waals surface area contributed by atoms with Crippen molar-refractivity contribution >= 4 is 5.91 Å². The van der Waals surface area contributed by atoms with Crippen molar-refractivity contribution < 1.29 is 13.9 Å². The largest absolute Gasteiger partial charge is 0.424 e. The fourth-order valence-electron chi connectivity index (χ4n) is 4.60. The maximum atomic E-state index is 13.3. The molecule has 0 bridgehead atoms. The molecule has 7 nitrogen and oxygen atoms in total. The van der Waals surface area contributed by atoms with Gasteiger partial charge < -0.3 is 14.1 Å². The van der Waals surface area contributed by atoms with Crippen molar-refractivity contribution in [2.45, 2.75) is 58.0 Å². The Labute approximate surface area is 148 Å². The molecule has 3 aliphatic heterocycles. The molecule has 1 spiro atoms. The Balaban J connectivity index is 1.41. The van der Waals surface area contributed by atoms with Gasteiger partial charge in [-0.15, -0.1) is 10.2 Å². The minimum atomic E-state index is -0.204. The van der Waals surface area contributed by atoms with Gasteiger partial charge in [0.15, 0.2) is 0 Å². The van der Waals surface area contributed by atoms with Gasteiger partial charge in [0.25, 0.3) is 0 Å². The van der Waals surface area contributed by atoms with Gasteiger partial charge >= 0.3 is 0 Å². The van der Waals surface area contributed by atoms with Crippen LogP contribution in [0.2, 0.25) is 0 Å². The number of hydrogen-bond donors (Lipinski definition) is 0. The quantitative estimate of drug-likeness (QED) is 0.823. The van der Waals surface area contributed by atoms with Gasteiger partial charge in [-0.1, -0.05) is 6.92 Å². The van der Waals surface area contributed by atoms with Crippen molar-refractivity contribution in [2.75, 3.05) is 32.8 Å². The van der Waals surface area contributed by atoms with Gasteiger partial charge in [-0.3, -0.25) is 9.69 Å². The predicted octanol–water partition coefficient (Wildman–Crippen LogP) is 1.63. The van der Waals surface area contributed by atoms with E-state index in [-0.39, 0.29) is 5.41 Å². The lowest BCUT2D eigenvalue weighted by Crippen LogP contribution is -2.54. The van der Waals surface area contributed by atoms with Crippen LogP contribution in [0, 0.1) is 5.41 Å². The van der Waals surface area contributed by atoms with Crippen molar-refractivity contribution in [1.29, 1.82) is 0 Å². The van der Waals surface area contributed by atoms with Gasteiger partial charge in [0.2, 0.25) is 17.7 Å². The molecule has 4 rings (SSSR count). The molecule has 7 heteroatoms. The summed E-state index contributed by atoms with van der Waals surface area (Å²) in [7, 11) is 0. The highest BCUT2D eigenvalue weighted by atomic mass is 16.5. The number of aromatic nitrogens is 2. The highest BCUT2D eigenvalue weighted by Crippen LogP contribution is 2.41. The van der Waals surface area contributed by atoms with Crippen LogP contribution in [-0.2, 0) is 22.5 Å². The summed E-state index contributed by atoms with van der Waals surface area (Å²) >= 11 is 0. The van der Waals surface area contributed by atoms with E-state index >= 15 is 0 Å². The lowest BCUT2D eigenvalue weighted by molar-refractivity contribution is -0.150. The van der Waals surface area contributed by atoms with Crippen LogP contribution in [0.15, 0.2) is 4.42 Å². The molecule has 3 aliphatic rings. The van der Waals surface area contributed by atoms with E-state index in [4.69, 9.17) is 9.15 Å². The number of nitrogens with zero attached hydrogens (tertiary/aromatic N) is 4. The first kappa shape index (κ1) is 17.0. The second kappa shape index (κ2) is 7.03. The maximum Gasteiger partial charge on any atom is 0.230 e. The average molecular weight is 348 g/mol. The Morgan fingerprint density at radius 3 is 2.72 bits per heavy atom. The number of aryl methyl sites for hydroxylation is 1. The normalized spacial score (nSPS) is 29.0. The monoisotopic (exact) mass is 348 g/mol. The molecule has 1 aromatic rings. The van der Waals surface area contributed by atoms with Crippen LogP contribution in [0.25, 0.3) is 0 Å². The van der Waals surface area contributed by atoms with Crippen molar-refractivity contribution in [3.63, 3.8) is 0 Å². The second-order valence-electron chi connectivity index (χ2n) is 7.63. The molecule has 0 radical (unpaired) electrons. The number of likely N-dealkylation sites (tertiary alicyclic amines) is 2. The van der Waals surface area contributed by atoms with Gasteiger partial charge in [0, 0.05) is 38.8 Å². The first-order valence-corrected chi connectivity index (χ1v) is 9.63. The standard InChI is InChI=1S/C18H28N4O3/c1-2-15-19-20-16(25-15)12-21-9-7-18(13-21)6-3-8-22(17(18)23)14-4-10-24-11-5-14/h14H,2-13H2,1H3/t18-/m1/s1. The Hall–Kier alpha value is -1.47. The number of rotatable bonds is 4. The van der Waals surface area contributed by atoms with Crippen LogP contribution in [0.4, 0.5) is 0 Å². The molecule has 1 amide bonds. The van der Waals surface area contributed by atoms with E-state index < -0.39 is 0 Å². The number of piperidine rings is 1. The molecule has 0 aromatic carbocycles. The van der Waals surface area contributed by atoms with Gasteiger partial charge in [0.05, 0.1) is 12.0 Å². The third-order valence-corrected chi connectivity index (χ3v) is 6.00. The van der Waals surface area contributed by atoms with Crippen molar-refractivity contribution in [1.82, 2.24) is 20.0 Å². The van der Waals surface area contributed by atoms with Crippen molar-refractivity contribution in [2.24, 2.45) is 5.41 Å². The summed E-state index contributed by atoms with van der Waals surface area (Å²) in [4.78, 5) is 17.8. The predicted molar refractivity (Wildman–Crippen MR) is 90.8 cm³/mol. The molecule has 25 heavy (non-hydrogen) atoms. The van der Waals surface area contributed by atoms with Crippen LogP contribution in [-0.4, -0.2) is 64.8 Å². The van der Waals surface area contributed by atoms with E-state index in [1.54, 1.807) is 0 Å². The van der Waals surface area contributed by atoms with Gasteiger partial charge in [0.1, 0.15) is 0 Å². The average Bonchev–Trinajstić information content (AvgIpc) is 3.26. The molecule has 1 aromatic heterocycles. The molecule has 4 heterocycles. The Kier molecular flexibility index (Phi) is 4.78. The van der Waals surface area contributed by atoms with Crippen molar-refractivity contribution in [3.8, 4) is 0 Å². The molecule has 138 valence electrons. The number of hydrogen-bond acceptors (Lipinski definition) is 6. The third-order valence-electron chi connectivity index (χ3n) is 6.00. The SMILES string of the molecule is CCc1nnc(CN2CC[C@]3(CCCN(C4CCOCC4)C3=O)C2)o1. The molecule has 3 saturated heterocycles. The molecule has 0 N–H and O–H groups in total. The van der Waals surface area contributed by atoms with Crippen LogP contribution < -0.4 is 0 Å². The number of carbonyl (C=O) groups is 1. The first-order valence-electron chi connectivity index (χ1n) is 9.63. The fraction of sp³-hybridized carbons (Fsp3) is 0.833. The van der Waals surface area contributed by atoms with Crippen LogP contribution in [0.1, 0.15) is 50.8 Å². The molecular formula is C18H28N4O3. The summed E-state index contributed by atoms with van der Waals surface area (Å²) in [5.41, 5.74) is -0.204. The minimum absolute atomic E-state index is 0.204. The zero-order chi connectivity index (χ0) is 17.3. The lowest BCUT2D eigenvalue weighted by Gasteiger charge is -2.44. The lowest BCUT2D eigenvalue weighted by atomic mass is 9.77. The molecule has 0 unspecified atom stereocenters. The summed E-state index contributed by atoms with van der Waals surface area (Å²) < 4.78 is 11.1.